The highest BCUT2D eigenvalue weighted by Crippen LogP contribution is 2.32. The number of para-hydroxylation sites is 1. The van der Waals surface area contributed by atoms with E-state index >= 15 is 0 Å². The minimum Gasteiger partial charge on any atom is -0.493 e. The van der Waals surface area contributed by atoms with E-state index in [0.29, 0.717) is 5.69 Å². The van der Waals surface area contributed by atoms with Gasteiger partial charge in [0.1, 0.15) is 0 Å². The fourth-order valence-corrected chi connectivity index (χ4v) is 2.24. The van der Waals surface area contributed by atoms with Gasteiger partial charge in [-0.25, -0.2) is 0 Å². The Kier molecular flexibility index (Phi) is 6.56. The highest BCUT2D eigenvalue weighted by Gasteiger charge is 2.23. The highest BCUT2D eigenvalue weighted by atomic mass is 19.3. The van der Waals surface area contributed by atoms with Gasteiger partial charge in [0, 0.05) is 17.2 Å². The first-order chi connectivity index (χ1) is 13.1. The molecule has 2 rings (SSSR count). The SMILES string of the molecule is COc1ccc(NC(=O)c2ccccc2NC(=O)C(C)(C)C)cc1OC(F)F. The van der Waals surface area contributed by atoms with Gasteiger partial charge in [-0.1, -0.05) is 32.9 Å². The molecule has 28 heavy (non-hydrogen) atoms. The van der Waals surface area contributed by atoms with Crippen molar-refractivity contribution in [2.24, 2.45) is 5.41 Å². The number of anilines is 2. The lowest BCUT2D eigenvalue weighted by Gasteiger charge is -2.19. The number of rotatable bonds is 6. The Morgan fingerprint density at radius 1 is 1.00 bits per heavy atom. The molecule has 0 bridgehead atoms. The standard InChI is InChI=1S/C20H22F2N2O4/c1-20(2,3)18(26)24-14-8-6-5-7-13(14)17(25)23-12-9-10-15(27-4)16(11-12)28-19(21)22/h5-11,19H,1-4H3,(H,23,25)(H,24,26). The van der Waals surface area contributed by atoms with Gasteiger partial charge in [-0.3, -0.25) is 9.59 Å². The molecule has 0 radical (unpaired) electrons. The van der Waals surface area contributed by atoms with Crippen LogP contribution in [0.3, 0.4) is 0 Å². The van der Waals surface area contributed by atoms with Crippen molar-refractivity contribution in [3.05, 3.63) is 48.0 Å². The van der Waals surface area contributed by atoms with Crippen molar-refractivity contribution in [1.82, 2.24) is 0 Å². The largest absolute Gasteiger partial charge is 0.493 e. The number of nitrogens with one attached hydrogen (secondary N) is 2. The average Bonchev–Trinajstić information content (AvgIpc) is 2.61. The van der Waals surface area contributed by atoms with Gasteiger partial charge >= 0.3 is 6.61 Å². The van der Waals surface area contributed by atoms with Crippen molar-refractivity contribution in [3.8, 4) is 11.5 Å². The smallest absolute Gasteiger partial charge is 0.387 e. The third-order valence-corrected chi connectivity index (χ3v) is 3.74. The fraction of sp³-hybridized carbons (Fsp3) is 0.300. The van der Waals surface area contributed by atoms with E-state index in [1.54, 1.807) is 45.0 Å². The molecule has 2 aromatic carbocycles. The van der Waals surface area contributed by atoms with E-state index in [-0.39, 0.29) is 28.7 Å². The van der Waals surface area contributed by atoms with E-state index in [1.807, 2.05) is 0 Å². The molecular formula is C20H22F2N2O4. The molecule has 2 N–H and O–H groups in total. The van der Waals surface area contributed by atoms with Gasteiger partial charge < -0.3 is 20.1 Å². The molecule has 2 amide bonds. The van der Waals surface area contributed by atoms with Crippen LogP contribution >= 0.6 is 0 Å². The number of ether oxygens (including phenoxy) is 2. The predicted molar refractivity (Wildman–Crippen MR) is 102 cm³/mol. The molecule has 0 aliphatic carbocycles. The zero-order valence-corrected chi connectivity index (χ0v) is 16.0. The van der Waals surface area contributed by atoms with E-state index < -0.39 is 17.9 Å². The van der Waals surface area contributed by atoms with Gasteiger partial charge in [0.05, 0.1) is 18.4 Å². The number of carbonyl (C=O) groups excluding carboxylic acids is 2. The van der Waals surface area contributed by atoms with Gasteiger partial charge in [-0.15, -0.1) is 0 Å². The molecule has 0 aromatic heterocycles. The van der Waals surface area contributed by atoms with E-state index in [0.717, 1.165) is 0 Å². The molecule has 0 spiro atoms. The number of carbonyl (C=O) groups is 2. The van der Waals surface area contributed by atoms with Gasteiger partial charge in [-0.05, 0) is 24.3 Å². The summed E-state index contributed by atoms with van der Waals surface area (Å²) in [6.07, 6.45) is 0. The Morgan fingerprint density at radius 3 is 2.29 bits per heavy atom. The number of benzene rings is 2. The topological polar surface area (TPSA) is 76.7 Å². The van der Waals surface area contributed by atoms with Crippen LogP contribution in [0.5, 0.6) is 11.5 Å². The third-order valence-electron chi connectivity index (χ3n) is 3.74. The summed E-state index contributed by atoms with van der Waals surface area (Å²) in [7, 11) is 1.32. The van der Waals surface area contributed by atoms with Crippen molar-refractivity contribution in [3.63, 3.8) is 0 Å². The lowest BCUT2D eigenvalue weighted by molar-refractivity contribution is -0.123. The van der Waals surface area contributed by atoms with E-state index in [9.17, 15) is 18.4 Å². The summed E-state index contributed by atoms with van der Waals surface area (Å²) in [4.78, 5) is 24.9. The minimum absolute atomic E-state index is 0.108. The van der Waals surface area contributed by atoms with Crippen LogP contribution in [0.1, 0.15) is 31.1 Å². The number of hydrogen-bond acceptors (Lipinski definition) is 4. The lowest BCUT2D eigenvalue weighted by Crippen LogP contribution is -2.28. The minimum atomic E-state index is -3.03. The Labute approximate surface area is 161 Å². The molecule has 0 fully saturated rings. The maximum Gasteiger partial charge on any atom is 0.387 e. The summed E-state index contributed by atoms with van der Waals surface area (Å²) >= 11 is 0. The van der Waals surface area contributed by atoms with Gasteiger partial charge in [0.25, 0.3) is 5.91 Å². The van der Waals surface area contributed by atoms with Crippen LogP contribution in [0.2, 0.25) is 0 Å². The molecule has 150 valence electrons. The number of hydrogen-bond donors (Lipinski definition) is 2. The van der Waals surface area contributed by atoms with Crippen molar-refractivity contribution in [1.29, 1.82) is 0 Å². The molecule has 0 aliphatic heterocycles. The monoisotopic (exact) mass is 392 g/mol. The van der Waals surface area contributed by atoms with E-state index in [4.69, 9.17) is 4.74 Å². The fourth-order valence-electron chi connectivity index (χ4n) is 2.24. The maximum atomic E-state index is 12.7. The zero-order chi connectivity index (χ0) is 20.9. The normalized spacial score (nSPS) is 11.1. The molecule has 0 saturated carbocycles. The Morgan fingerprint density at radius 2 is 1.68 bits per heavy atom. The van der Waals surface area contributed by atoms with Crippen molar-refractivity contribution in [2.75, 3.05) is 17.7 Å². The predicted octanol–water partition coefficient (Wildman–Crippen LogP) is 4.53. The van der Waals surface area contributed by atoms with Crippen LogP contribution in [-0.4, -0.2) is 25.5 Å². The van der Waals surface area contributed by atoms with Crippen LogP contribution in [0.4, 0.5) is 20.2 Å². The summed E-state index contributed by atoms with van der Waals surface area (Å²) in [6.45, 7) is 2.24. The molecule has 0 unspecified atom stereocenters. The van der Waals surface area contributed by atoms with Crippen LogP contribution in [0.25, 0.3) is 0 Å². The van der Waals surface area contributed by atoms with Crippen LogP contribution in [0, 0.1) is 5.41 Å². The quantitative estimate of drug-likeness (QED) is 0.757. The number of alkyl halides is 2. The molecule has 6 nitrogen and oxygen atoms in total. The van der Waals surface area contributed by atoms with Crippen LogP contribution < -0.4 is 20.1 Å². The highest BCUT2D eigenvalue weighted by molar-refractivity contribution is 6.10. The van der Waals surface area contributed by atoms with Crippen molar-refractivity contribution in [2.45, 2.75) is 27.4 Å². The van der Waals surface area contributed by atoms with Crippen LogP contribution in [-0.2, 0) is 4.79 Å². The molecule has 2 aromatic rings. The summed E-state index contributed by atoms with van der Waals surface area (Å²) in [5.74, 6) is -0.858. The van der Waals surface area contributed by atoms with E-state index in [2.05, 4.69) is 15.4 Å². The molecule has 8 heteroatoms. The second kappa shape index (κ2) is 8.69. The molecular weight excluding hydrogens is 370 g/mol. The maximum absolute atomic E-state index is 12.7. The summed E-state index contributed by atoms with van der Waals surface area (Å²) in [5, 5.41) is 5.33. The summed E-state index contributed by atoms with van der Waals surface area (Å²) < 4.78 is 34.5. The van der Waals surface area contributed by atoms with Crippen LogP contribution in [0.15, 0.2) is 42.5 Å². The van der Waals surface area contributed by atoms with Gasteiger partial charge in [0.15, 0.2) is 11.5 Å². The van der Waals surface area contributed by atoms with Gasteiger partial charge in [-0.2, -0.15) is 8.78 Å². The third kappa shape index (κ3) is 5.42. The molecule has 0 aliphatic rings. The Balaban J connectivity index is 2.25. The number of halogens is 2. The first-order valence-corrected chi connectivity index (χ1v) is 8.46. The second-order valence-electron chi connectivity index (χ2n) is 6.95. The number of amides is 2. The first-order valence-electron chi connectivity index (χ1n) is 8.46. The number of methoxy groups -OCH3 is 1. The summed E-state index contributed by atoms with van der Waals surface area (Å²) in [6, 6.07) is 10.6. The van der Waals surface area contributed by atoms with Gasteiger partial charge in [0.2, 0.25) is 5.91 Å². The summed E-state index contributed by atoms with van der Waals surface area (Å²) in [5.41, 5.74) is 0.171. The Hall–Kier alpha value is -3.16. The van der Waals surface area contributed by atoms with E-state index in [1.165, 1.54) is 25.3 Å². The van der Waals surface area contributed by atoms with Crippen molar-refractivity contribution >= 4 is 23.2 Å². The molecule has 0 atom stereocenters. The van der Waals surface area contributed by atoms with Crippen molar-refractivity contribution < 1.29 is 27.8 Å². The average molecular weight is 392 g/mol. The first kappa shape index (κ1) is 21.1. The lowest BCUT2D eigenvalue weighted by atomic mass is 9.95. The second-order valence-corrected chi connectivity index (χ2v) is 6.95. The molecule has 0 saturated heterocycles. The molecule has 0 heterocycles. The zero-order valence-electron chi connectivity index (χ0n) is 16.0. The Bertz CT molecular complexity index is 864.